The van der Waals surface area contributed by atoms with E-state index >= 15 is 0 Å². The number of ether oxygens (including phenoxy) is 4. The Morgan fingerprint density at radius 2 is 1.85 bits per heavy atom. The van der Waals surface area contributed by atoms with Gasteiger partial charge in [-0.3, -0.25) is 0 Å². The minimum Gasteiger partial charge on any atom is -0.478 e. The number of H-pyrrole nitrogens is 1. The van der Waals surface area contributed by atoms with E-state index in [1.165, 1.54) is 31.3 Å². The maximum absolute atomic E-state index is 14.1. The molecule has 178 valence electrons. The van der Waals surface area contributed by atoms with E-state index in [2.05, 4.69) is 29.1 Å². The molecule has 0 aliphatic rings. The second-order valence-electron chi connectivity index (χ2n) is 6.18. The first-order valence-electron chi connectivity index (χ1n) is 9.06. The topological polar surface area (TPSA) is 142 Å². The molecule has 33 heavy (non-hydrogen) atoms. The number of hydrogen-bond acceptors (Lipinski definition) is 9. The Morgan fingerprint density at radius 3 is 2.42 bits per heavy atom. The van der Waals surface area contributed by atoms with Crippen LogP contribution in [0.15, 0.2) is 29.3 Å². The molecule has 0 unspecified atom stereocenters. The lowest BCUT2D eigenvalue weighted by Crippen LogP contribution is -2.37. The summed E-state index contributed by atoms with van der Waals surface area (Å²) in [5.74, 6) is -4.64. The molecule has 3 aromatic rings. The van der Waals surface area contributed by atoms with Gasteiger partial charge in [-0.25, -0.2) is 17.9 Å². The molecule has 0 aliphatic carbocycles. The van der Waals surface area contributed by atoms with E-state index in [9.17, 15) is 22.0 Å². The van der Waals surface area contributed by atoms with Crippen LogP contribution in [0.3, 0.4) is 0 Å². The Balaban J connectivity index is 1.98. The van der Waals surface area contributed by atoms with Crippen LogP contribution in [0, 0.1) is 0 Å². The fourth-order valence-corrected chi connectivity index (χ4v) is 3.97. The zero-order valence-corrected chi connectivity index (χ0v) is 18.9. The Morgan fingerprint density at radius 1 is 1.21 bits per heavy atom. The number of aromatic amines is 1. The van der Waals surface area contributed by atoms with Crippen LogP contribution in [0.1, 0.15) is 6.92 Å². The van der Waals surface area contributed by atoms with Gasteiger partial charge in [0, 0.05) is 22.1 Å². The number of halogens is 3. The number of sulfonamides is 1. The number of hydrogen-bond donors (Lipinski definition) is 2. The second-order valence-corrected chi connectivity index (χ2v) is 8.27. The lowest BCUT2D eigenvalue weighted by atomic mass is 10.2. The first-order chi connectivity index (χ1) is 15.5. The quantitative estimate of drug-likeness (QED) is 0.419. The van der Waals surface area contributed by atoms with E-state index in [0.717, 1.165) is 14.2 Å². The summed E-state index contributed by atoms with van der Waals surface area (Å²) in [5.41, 5.74) is 0.462. The van der Waals surface area contributed by atoms with Crippen LogP contribution in [0.4, 0.5) is 14.7 Å². The van der Waals surface area contributed by atoms with E-state index < -0.39 is 45.6 Å². The summed E-state index contributed by atoms with van der Waals surface area (Å²) < 4.78 is 74.5. The van der Waals surface area contributed by atoms with E-state index in [1.807, 2.05) is 0 Å². The van der Waals surface area contributed by atoms with Crippen molar-refractivity contribution < 1.29 is 40.9 Å². The van der Waals surface area contributed by atoms with Crippen molar-refractivity contribution in [2.45, 2.75) is 17.9 Å². The number of carbonyl (C=O) groups excluding carboxylic acids is 1. The first kappa shape index (κ1) is 24.3. The van der Waals surface area contributed by atoms with E-state index in [4.69, 9.17) is 21.1 Å². The highest BCUT2D eigenvalue weighted by atomic mass is 35.5. The molecule has 0 saturated carbocycles. The summed E-state index contributed by atoms with van der Waals surface area (Å²) in [5, 5.41) is 0.731. The number of nitrogens with one attached hydrogen (secondary N) is 2. The molecule has 11 nitrogen and oxygen atoms in total. The van der Waals surface area contributed by atoms with Crippen molar-refractivity contribution in [3.05, 3.63) is 29.4 Å². The Labute approximate surface area is 191 Å². The second kappa shape index (κ2) is 9.23. The van der Waals surface area contributed by atoms with E-state index in [0.29, 0.717) is 15.9 Å². The molecule has 0 fully saturated rings. The van der Waals surface area contributed by atoms with E-state index in [-0.39, 0.29) is 11.5 Å². The maximum Gasteiger partial charge on any atom is 0.502 e. The zero-order valence-electron chi connectivity index (χ0n) is 17.3. The Bertz CT molecular complexity index is 1280. The molecule has 0 spiro atoms. The molecule has 3 rings (SSSR count). The molecular formula is C18H17ClF2N4O7S. The molecular weight excluding hydrogens is 490 g/mol. The number of nitrogens with zero attached hydrogens (tertiary/aromatic N) is 2. The normalized spacial score (nSPS) is 11.8. The van der Waals surface area contributed by atoms with Crippen molar-refractivity contribution in [1.82, 2.24) is 15.0 Å². The molecule has 0 atom stereocenters. The number of aromatic nitrogens is 3. The number of rotatable bonds is 9. The molecule has 15 heteroatoms. The van der Waals surface area contributed by atoms with Gasteiger partial charge in [0.25, 0.3) is 27.5 Å². The Kier molecular flexibility index (Phi) is 6.78. The number of anilines is 1. The standard InChI is InChI=1S/C18H17ClF2N4O7S/c1-4-31-16(26)18(20,21)32-13-14(29-2)23-17(24-15(13)30-3)25-33(27,28)12-8-22-11-7-9(19)5-6-10(11)12/h5-8,22H,4H2,1-3H3,(H,23,24,25). The highest BCUT2D eigenvalue weighted by Gasteiger charge is 2.46. The predicted octanol–water partition coefficient (Wildman–Crippen LogP) is 2.96. The van der Waals surface area contributed by atoms with Crippen molar-refractivity contribution in [2.24, 2.45) is 0 Å². The van der Waals surface area contributed by atoms with Crippen molar-refractivity contribution >= 4 is 44.4 Å². The lowest BCUT2D eigenvalue weighted by molar-refractivity contribution is -0.217. The molecule has 2 aromatic heterocycles. The number of methoxy groups -OCH3 is 2. The first-order valence-corrected chi connectivity index (χ1v) is 10.9. The number of carbonyl (C=O) groups is 1. The average molecular weight is 507 g/mol. The molecule has 0 radical (unpaired) electrons. The van der Waals surface area contributed by atoms with Crippen LogP contribution < -0.4 is 18.9 Å². The summed E-state index contributed by atoms with van der Waals surface area (Å²) in [6, 6.07) is 4.54. The number of alkyl halides is 2. The lowest BCUT2D eigenvalue weighted by Gasteiger charge is -2.19. The van der Waals surface area contributed by atoms with Gasteiger partial charge >= 0.3 is 12.1 Å². The third-order valence-corrected chi connectivity index (χ3v) is 5.66. The number of fused-ring (bicyclic) bond motifs is 1. The molecule has 0 aliphatic heterocycles. The summed E-state index contributed by atoms with van der Waals surface area (Å²) in [6.07, 6.45) is -3.19. The molecule has 2 N–H and O–H groups in total. The van der Waals surface area contributed by atoms with Gasteiger partial charge in [0.05, 0.1) is 20.8 Å². The predicted molar refractivity (Wildman–Crippen MR) is 111 cm³/mol. The fourth-order valence-electron chi connectivity index (χ4n) is 2.67. The molecule has 1 aromatic carbocycles. The van der Waals surface area contributed by atoms with Crippen LogP contribution >= 0.6 is 11.6 Å². The summed E-state index contributed by atoms with van der Waals surface area (Å²) >= 11 is 5.91. The van der Waals surface area contributed by atoms with Gasteiger partial charge in [-0.05, 0) is 25.1 Å². The van der Waals surface area contributed by atoms with Gasteiger partial charge < -0.3 is 23.9 Å². The monoisotopic (exact) mass is 506 g/mol. The molecule has 2 heterocycles. The zero-order chi connectivity index (χ0) is 24.4. The van der Waals surface area contributed by atoms with Crippen molar-refractivity contribution in [2.75, 3.05) is 25.5 Å². The van der Waals surface area contributed by atoms with Crippen LogP contribution in [0.2, 0.25) is 5.02 Å². The van der Waals surface area contributed by atoms with E-state index in [1.54, 1.807) is 0 Å². The number of benzene rings is 1. The van der Waals surface area contributed by atoms with Gasteiger partial charge in [0.15, 0.2) is 0 Å². The van der Waals surface area contributed by atoms with Crippen molar-refractivity contribution in [3.8, 4) is 17.5 Å². The molecule has 0 bridgehead atoms. The maximum atomic E-state index is 14.1. The van der Waals surface area contributed by atoms with Gasteiger partial charge in [0.1, 0.15) is 4.90 Å². The summed E-state index contributed by atoms with van der Waals surface area (Å²) in [6.45, 7) is 1.02. The van der Waals surface area contributed by atoms with Crippen LogP contribution in [0.25, 0.3) is 10.9 Å². The Hall–Kier alpha value is -3.39. The fraction of sp³-hybridized carbons (Fsp3) is 0.278. The van der Waals surface area contributed by atoms with Crippen molar-refractivity contribution in [1.29, 1.82) is 0 Å². The third kappa shape index (κ3) is 5.01. The summed E-state index contributed by atoms with van der Waals surface area (Å²) in [7, 11) is -2.14. The third-order valence-electron chi connectivity index (χ3n) is 4.05. The van der Waals surface area contributed by atoms with Crippen molar-refractivity contribution in [3.63, 3.8) is 0 Å². The highest BCUT2D eigenvalue weighted by molar-refractivity contribution is 7.93. The minimum absolute atomic E-state index is 0.148. The molecule has 0 amide bonds. The highest BCUT2D eigenvalue weighted by Crippen LogP contribution is 2.39. The van der Waals surface area contributed by atoms with Crippen LogP contribution in [0.5, 0.6) is 17.5 Å². The van der Waals surface area contributed by atoms with Gasteiger partial charge in [-0.1, -0.05) is 11.6 Å². The smallest absolute Gasteiger partial charge is 0.478 e. The van der Waals surface area contributed by atoms with Crippen LogP contribution in [-0.4, -0.2) is 56.3 Å². The van der Waals surface area contributed by atoms with Gasteiger partial charge in [-0.2, -0.15) is 18.7 Å². The minimum atomic E-state index is -4.42. The largest absolute Gasteiger partial charge is 0.502 e. The molecule has 0 saturated heterocycles. The van der Waals surface area contributed by atoms with Gasteiger partial charge in [0.2, 0.25) is 5.95 Å². The summed E-state index contributed by atoms with van der Waals surface area (Å²) in [4.78, 5) is 21.6. The van der Waals surface area contributed by atoms with Crippen LogP contribution in [-0.2, 0) is 19.6 Å². The SMILES string of the molecule is CCOC(=O)C(F)(F)Oc1c(OC)nc(NS(=O)(=O)c2c[nH]c3cc(Cl)ccc23)nc1OC. The average Bonchev–Trinajstić information content (AvgIpc) is 3.18. The number of esters is 1. The van der Waals surface area contributed by atoms with Gasteiger partial charge in [-0.15, -0.1) is 0 Å².